The Balaban J connectivity index is 1.77. The molecule has 0 saturated carbocycles. The molecule has 0 radical (unpaired) electrons. The molecule has 0 atom stereocenters. The molecule has 0 spiro atoms. The predicted molar refractivity (Wildman–Crippen MR) is 94.6 cm³/mol. The molecule has 0 saturated heterocycles. The summed E-state index contributed by atoms with van der Waals surface area (Å²) in [7, 11) is 0. The van der Waals surface area contributed by atoms with Gasteiger partial charge in [-0.25, -0.2) is 9.50 Å². The Hall–Kier alpha value is -2.56. The van der Waals surface area contributed by atoms with E-state index in [0.717, 1.165) is 48.5 Å². The van der Waals surface area contributed by atoms with Crippen molar-refractivity contribution in [1.82, 2.24) is 14.6 Å². The van der Waals surface area contributed by atoms with E-state index in [0.29, 0.717) is 12.5 Å². The standard InChI is InChI=1S/C19H23N3O2/c1-3-5-13-24-19-11-10-18-20-17(14-22(18)21-19)15-6-8-16(9-7-15)23-12-4-2/h6-11,14H,3-5,12-13H2,1-2H3. The Labute approximate surface area is 142 Å². The summed E-state index contributed by atoms with van der Waals surface area (Å²) in [5.74, 6) is 1.51. The van der Waals surface area contributed by atoms with Gasteiger partial charge in [-0.3, -0.25) is 0 Å². The van der Waals surface area contributed by atoms with Crippen molar-refractivity contribution in [3.8, 4) is 22.9 Å². The first-order valence-corrected chi connectivity index (χ1v) is 8.52. The van der Waals surface area contributed by atoms with Crippen molar-refractivity contribution in [1.29, 1.82) is 0 Å². The highest BCUT2D eigenvalue weighted by atomic mass is 16.5. The van der Waals surface area contributed by atoms with E-state index in [1.807, 2.05) is 42.6 Å². The minimum atomic E-state index is 0.628. The summed E-state index contributed by atoms with van der Waals surface area (Å²) in [5, 5.41) is 4.46. The number of hydrogen-bond acceptors (Lipinski definition) is 4. The second kappa shape index (κ2) is 7.81. The third-order valence-electron chi connectivity index (χ3n) is 3.67. The van der Waals surface area contributed by atoms with Crippen LogP contribution in [0.15, 0.2) is 42.6 Å². The van der Waals surface area contributed by atoms with E-state index < -0.39 is 0 Å². The molecule has 24 heavy (non-hydrogen) atoms. The molecule has 0 aliphatic rings. The quantitative estimate of drug-likeness (QED) is 0.577. The molecule has 3 rings (SSSR count). The second-order valence-corrected chi connectivity index (χ2v) is 5.68. The molecule has 0 aliphatic heterocycles. The number of hydrogen-bond donors (Lipinski definition) is 0. The monoisotopic (exact) mass is 325 g/mol. The zero-order chi connectivity index (χ0) is 16.8. The number of ether oxygens (including phenoxy) is 2. The van der Waals surface area contributed by atoms with Crippen LogP contribution < -0.4 is 9.47 Å². The van der Waals surface area contributed by atoms with Crippen LogP contribution in [0.25, 0.3) is 16.9 Å². The van der Waals surface area contributed by atoms with E-state index in [1.165, 1.54) is 0 Å². The van der Waals surface area contributed by atoms with Gasteiger partial charge in [-0.2, -0.15) is 0 Å². The van der Waals surface area contributed by atoms with Crippen LogP contribution in [-0.4, -0.2) is 27.8 Å². The van der Waals surface area contributed by atoms with Crippen LogP contribution in [0, 0.1) is 0 Å². The third-order valence-corrected chi connectivity index (χ3v) is 3.67. The minimum absolute atomic E-state index is 0.628. The molecule has 3 aromatic rings. The lowest BCUT2D eigenvalue weighted by molar-refractivity contribution is 0.293. The molecular formula is C19H23N3O2. The Morgan fingerprint density at radius 1 is 0.917 bits per heavy atom. The van der Waals surface area contributed by atoms with Crippen LogP contribution in [0.4, 0.5) is 0 Å². The molecule has 0 bridgehead atoms. The number of unbranched alkanes of at least 4 members (excludes halogenated alkanes) is 1. The van der Waals surface area contributed by atoms with E-state index in [9.17, 15) is 0 Å². The van der Waals surface area contributed by atoms with Gasteiger partial charge < -0.3 is 9.47 Å². The van der Waals surface area contributed by atoms with E-state index in [-0.39, 0.29) is 0 Å². The molecule has 0 unspecified atom stereocenters. The van der Waals surface area contributed by atoms with Crippen molar-refractivity contribution in [2.24, 2.45) is 0 Å². The van der Waals surface area contributed by atoms with E-state index in [1.54, 1.807) is 4.52 Å². The van der Waals surface area contributed by atoms with Crippen LogP contribution in [0.2, 0.25) is 0 Å². The largest absolute Gasteiger partial charge is 0.494 e. The molecule has 0 fully saturated rings. The molecule has 1 aromatic carbocycles. The average molecular weight is 325 g/mol. The van der Waals surface area contributed by atoms with Crippen molar-refractivity contribution in [3.05, 3.63) is 42.6 Å². The number of rotatable bonds is 8. The Bertz CT molecular complexity index is 781. The van der Waals surface area contributed by atoms with Gasteiger partial charge in [0, 0.05) is 11.6 Å². The van der Waals surface area contributed by atoms with Gasteiger partial charge in [0.2, 0.25) is 5.88 Å². The normalized spacial score (nSPS) is 10.9. The number of aromatic nitrogens is 3. The van der Waals surface area contributed by atoms with Crippen LogP contribution in [-0.2, 0) is 0 Å². The zero-order valence-electron chi connectivity index (χ0n) is 14.2. The molecule has 2 aromatic heterocycles. The van der Waals surface area contributed by atoms with Crippen molar-refractivity contribution in [2.75, 3.05) is 13.2 Å². The highest BCUT2D eigenvalue weighted by Crippen LogP contribution is 2.22. The predicted octanol–water partition coefficient (Wildman–Crippen LogP) is 4.36. The SMILES string of the molecule is CCCCOc1ccc2nc(-c3ccc(OCCC)cc3)cn2n1. The van der Waals surface area contributed by atoms with Gasteiger partial charge in [-0.1, -0.05) is 20.3 Å². The summed E-state index contributed by atoms with van der Waals surface area (Å²) in [6, 6.07) is 11.8. The number of nitrogens with zero attached hydrogens (tertiary/aromatic N) is 3. The first kappa shape index (κ1) is 16.3. The summed E-state index contributed by atoms with van der Waals surface area (Å²) in [5.41, 5.74) is 2.73. The summed E-state index contributed by atoms with van der Waals surface area (Å²) >= 11 is 0. The molecule has 0 N–H and O–H groups in total. The molecule has 5 nitrogen and oxygen atoms in total. The Kier molecular flexibility index (Phi) is 5.31. The van der Waals surface area contributed by atoms with Gasteiger partial charge >= 0.3 is 0 Å². The zero-order valence-corrected chi connectivity index (χ0v) is 14.2. The maximum absolute atomic E-state index is 5.65. The topological polar surface area (TPSA) is 48.7 Å². The summed E-state index contributed by atoms with van der Waals surface area (Å²) in [6.07, 6.45) is 5.06. The van der Waals surface area contributed by atoms with E-state index >= 15 is 0 Å². The maximum atomic E-state index is 5.65. The fourth-order valence-corrected chi connectivity index (χ4v) is 2.34. The number of imidazole rings is 1. The van der Waals surface area contributed by atoms with Gasteiger partial charge in [0.05, 0.1) is 25.1 Å². The van der Waals surface area contributed by atoms with Gasteiger partial charge in [0.1, 0.15) is 5.75 Å². The van der Waals surface area contributed by atoms with Crippen LogP contribution in [0.3, 0.4) is 0 Å². The van der Waals surface area contributed by atoms with Gasteiger partial charge in [0.25, 0.3) is 0 Å². The van der Waals surface area contributed by atoms with E-state index in [2.05, 4.69) is 23.9 Å². The maximum Gasteiger partial charge on any atom is 0.231 e. The van der Waals surface area contributed by atoms with Crippen molar-refractivity contribution < 1.29 is 9.47 Å². The van der Waals surface area contributed by atoms with Gasteiger partial charge in [-0.15, -0.1) is 5.10 Å². The summed E-state index contributed by atoms with van der Waals surface area (Å²) in [4.78, 5) is 4.62. The second-order valence-electron chi connectivity index (χ2n) is 5.68. The first-order valence-electron chi connectivity index (χ1n) is 8.52. The lowest BCUT2D eigenvalue weighted by Gasteiger charge is -2.04. The van der Waals surface area contributed by atoms with E-state index in [4.69, 9.17) is 9.47 Å². The summed E-state index contributed by atoms with van der Waals surface area (Å²) in [6.45, 7) is 5.66. The molecule has 126 valence electrons. The average Bonchev–Trinajstić information content (AvgIpc) is 3.04. The first-order chi connectivity index (χ1) is 11.8. The molecule has 5 heteroatoms. The molecule has 0 aliphatic carbocycles. The lowest BCUT2D eigenvalue weighted by Crippen LogP contribution is -2.01. The molecule has 0 amide bonds. The smallest absolute Gasteiger partial charge is 0.231 e. The molecular weight excluding hydrogens is 302 g/mol. The van der Waals surface area contributed by atoms with Crippen LogP contribution >= 0.6 is 0 Å². The van der Waals surface area contributed by atoms with Crippen molar-refractivity contribution in [3.63, 3.8) is 0 Å². The fourth-order valence-electron chi connectivity index (χ4n) is 2.34. The van der Waals surface area contributed by atoms with Crippen LogP contribution in [0.5, 0.6) is 11.6 Å². The van der Waals surface area contributed by atoms with Crippen molar-refractivity contribution in [2.45, 2.75) is 33.1 Å². The number of fused-ring (bicyclic) bond motifs is 1. The highest BCUT2D eigenvalue weighted by molar-refractivity contribution is 5.63. The van der Waals surface area contributed by atoms with Gasteiger partial charge in [-0.05, 0) is 43.2 Å². The van der Waals surface area contributed by atoms with Crippen LogP contribution in [0.1, 0.15) is 33.1 Å². The molecule has 2 heterocycles. The lowest BCUT2D eigenvalue weighted by atomic mass is 10.2. The summed E-state index contributed by atoms with van der Waals surface area (Å²) < 4.78 is 13.0. The third kappa shape index (κ3) is 3.85. The van der Waals surface area contributed by atoms with Gasteiger partial charge in [0.15, 0.2) is 5.65 Å². The minimum Gasteiger partial charge on any atom is -0.494 e. The Morgan fingerprint density at radius 3 is 2.50 bits per heavy atom. The number of benzene rings is 1. The highest BCUT2D eigenvalue weighted by Gasteiger charge is 2.07. The fraction of sp³-hybridized carbons (Fsp3) is 0.368. The van der Waals surface area contributed by atoms with Crippen molar-refractivity contribution >= 4 is 5.65 Å². The Morgan fingerprint density at radius 2 is 1.75 bits per heavy atom.